The molecule has 0 radical (unpaired) electrons. The van der Waals surface area contributed by atoms with E-state index in [1.54, 1.807) is 0 Å². The number of hydrogen-bond donors (Lipinski definition) is 0. The summed E-state index contributed by atoms with van der Waals surface area (Å²) in [4.78, 5) is 4.95. The van der Waals surface area contributed by atoms with Crippen molar-refractivity contribution >= 4 is 17.3 Å². The highest BCUT2D eigenvalue weighted by Gasteiger charge is 2.56. The fraction of sp³-hybridized carbons (Fsp3) is 0.345. The average Bonchev–Trinajstić information content (AvgIpc) is 3.19. The predicted molar refractivity (Wildman–Crippen MR) is 138 cm³/mol. The fourth-order valence-corrected chi connectivity index (χ4v) is 6.36. The fourth-order valence-electron chi connectivity index (χ4n) is 5.80. The van der Waals surface area contributed by atoms with Gasteiger partial charge in [-0.1, -0.05) is 66.2 Å². The van der Waals surface area contributed by atoms with Crippen LogP contribution < -0.4 is 0 Å². The molecule has 0 aromatic heterocycles. The maximum absolute atomic E-state index is 6.24. The van der Waals surface area contributed by atoms with E-state index < -0.39 is 0 Å². The summed E-state index contributed by atoms with van der Waals surface area (Å²) in [6.45, 7) is 15.1. The lowest BCUT2D eigenvalue weighted by atomic mass is 9.85. The third kappa shape index (κ3) is 2.94. The van der Waals surface area contributed by atoms with Gasteiger partial charge in [0.1, 0.15) is 5.54 Å². The van der Waals surface area contributed by atoms with Crippen LogP contribution in [0.4, 0.5) is 0 Å². The quantitative estimate of drug-likeness (QED) is 0.408. The van der Waals surface area contributed by atoms with Gasteiger partial charge in [-0.15, -0.1) is 0 Å². The van der Waals surface area contributed by atoms with Gasteiger partial charge in [0.25, 0.3) is 0 Å². The Morgan fingerprint density at radius 1 is 0.844 bits per heavy atom. The molecule has 1 aliphatic carbocycles. The van der Waals surface area contributed by atoms with E-state index >= 15 is 0 Å². The molecule has 1 aliphatic heterocycles. The van der Waals surface area contributed by atoms with Crippen LogP contribution in [0.1, 0.15) is 54.2 Å². The first kappa shape index (κ1) is 21.2. The second-order valence-electron chi connectivity index (χ2n) is 10.5. The third-order valence-corrected chi connectivity index (χ3v) is 7.75. The monoisotopic (exact) mass is 440 g/mol. The van der Waals surface area contributed by atoms with Crippen LogP contribution in [0.2, 0.25) is 0 Å². The molecule has 1 spiro atoms. The van der Waals surface area contributed by atoms with Gasteiger partial charge in [0.05, 0.1) is 6.54 Å². The Balaban J connectivity index is 1.76. The molecule has 2 nitrogen and oxygen atoms in total. The number of benzene rings is 3. The summed E-state index contributed by atoms with van der Waals surface area (Å²) in [6.07, 6.45) is 0. The van der Waals surface area contributed by atoms with Crippen LogP contribution in [0.15, 0.2) is 60.7 Å². The molecular formula is C29H32N2S. The van der Waals surface area contributed by atoms with Gasteiger partial charge in [0.2, 0.25) is 0 Å². The van der Waals surface area contributed by atoms with Gasteiger partial charge in [-0.2, -0.15) is 0 Å². The Kier molecular flexibility index (Phi) is 4.76. The van der Waals surface area contributed by atoms with Crippen LogP contribution in [0, 0.1) is 20.8 Å². The normalized spacial score (nSPS) is 16.6. The van der Waals surface area contributed by atoms with Crippen LogP contribution in [0.5, 0.6) is 0 Å². The summed E-state index contributed by atoms with van der Waals surface area (Å²) in [5.74, 6) is 0. The topological polar surface area (TPSA) is 6.48 Å². The first-order valence-corrected chi connectivity index (χ1v) is 11.9. The summed E-state index contributed by atoms with van der Waals surface area (Å²) >= 11 is 6.24. The van der Waals surface area contributed by atoms with Crippen molar-refractivity contribution in [3.8, 4) is 11.1 Å². The number of hydrogen-bond acceptors (Lipinski definition) is 1. The molecule has 164 valence electrons. The highest BCUT2D eigenvalue weighted by Crippen LogP contribution is 2.55. The van der Waals surface area contributed by atoms with Crippen molar-refractivity contribution in [2.45, 2.75) is 59.2 Å². The van der Waals surface area contributed by atoms with E-state index in [4.69, 9.17) is 12.2 Å². The minimum Gasteiger partial charge on any atom is -0.341 e. The molecule has 1 heterocycles. The molecule has 5 rings (SSSR count). The maximum Gasteiger partial charge on any atom is 0.173 e. The van der Waals surface area contributed by atoms with Crippen molar-refractivity contribution in [2.75, 3.05) is 6.54 Å². The molecule has 2 aliphatic rings. The summed E-state index contributed by atoms with van der Waals surface area (Å²) in [5.41, 5.74) is 10.5. The van der Waals surface area contributed by atoms with Gasteiger partial charge in [-0.05, 0) is 92.7 Å². The number of fused-ring (bicyclic) bond motifs is 5. The van der Waals surface area contributed by atoms with Gasteiger partial charge in [-0.3, -0.25) is 0 Å². The lowest BCUT2D eigenvalue weighted by Gasteiger charge is -2.37. The lowest BCUT2D eigenvalue weighted by Crippen LogP contribution is -2.44. The number of rotatable bonds is 2. The zero-order valence-electron chi connectivity index (χ0n) is 20.0. The second-order valence-corrected chi connectivity index (χ2v) is 10.8. The molecule has 0 atom stereocenters. The highest BCUT2D eigenvalue weighted by atomic mass is 32.1. The molecule has 3 aromatic rings. The van der Waals surface area contributed by atoms with E-state index in [-0.39, 0.29) is 11.1 Å². The Morgan fingerprint density at radius 3 is 1.84 bits per heavy atom. The van der Waals surface area contributed by atoms with Gasteiger partial charge in [0, 0.05) is 12.1 Å². The van der Waals surface area contributed by atoms with Crippen molar-refractivity contribution in [3.05, 3.63) is 94.0 Å². The number of aryl methyl sites for hydroxylation is 3. The largest absolute Gasteiger partial charge is 0.341 e. The van der Waals surface area contributed by atoms with E-state index in [0.29, 0.717) is 0 Å². The molecule has 0 saturated carbocycles. The zero-order chi connectivity index (χ0) is 22.8. The molecule has 0 amide bonds. The van der Waals surface area contributed by atoms with Crippen molar-refractivity contribution in [2.24, 2.45) is 0 Å². The molecule has 1 saturated heterocycles. The third-order valence-electron chi connectivity index (χ3n) is 7.31. The summed E-state index contributed by atoms with van der Waals surface area (Å²) < 4.78 is 0. The standard InChI is InChI=1S/C29H32N2S/c1-19-15-20(2)24(21(3)16-19)17-30-27(32)31(28(4,5)6)18-29(30)25-13-9-7-11-22(25)23-12-8-10-14-26(23)29/h7-16H,17-18H2,1-6H3. The zero-order valence-corrected chi connectivity index (χ0v) is 20.8. The first-order chi connectivity index (χ1) is 15.1. The van der Waals surface area contributed by atoms with E-state index in [2.05, 4.69) is 112 Å². The maximum atomic E-state index is 6.24. The van der Waals surface area contributed by atoms with Crippen molar-refractivity contribution in [1.82, 2.24) is 9.80 Å². The van der Waals surface area contributed by atoms with Gasteiger partial charge in [0.15, 0.2) is 5.11 Å². The Bertz CT molecular complexity index is 1170. The summed E-state index contributed by atoms with van der Waals surface area (Å²) in [5, 5.41) is 0.948. The number of thiocarbonyl (C=S) groups is 1. The number of nitrogens with zero attached hydrogens (tertiary/aromatic N) is 2. The molecule has 3 aromatic carbocycles. The summed E-state index contributed by atoms with van der Waals surface area (Å²) in [7, 11) is 0. The molecule has 0 N–H and O–H groups in total. The van der Waals surface area contributed by atoms with Crippen LogP contribution >= 0.6 is 12.2 Å². The highest BCUT2D eigenvalue weighted by molar-refractivity contribution is 7.80. The van der Waals surface area contributed by atoms with E-state index in [0.717, 1.165) is 18.2 Å². The second kappa shape index (κ2) is 7.18. The molecule has 0 bridgehead atoms. The lowest BCUT2D eigenvalue weighted by molar-refractivity contribution is 0.213. The molecule has 3 heteroatoms. The predicted octanol–water partition coefficient (Wildman–Crippen LogP) is 6.74. The van der Waals surface area contributed by atoms with Gasteiger partial charge < -0.3 is 9.80 Å². The van der Waals surface area contributed by atoms with Crippen LogP contribution in [0.25, 0.3) is 11.1 Å². The minimum absolute atomic E-state index is 0.0529. The smallest absolute Gasteiger partial charge is 0.173 e. The van der Waals surface area contributed by atoms with Crippen molar-refractivity contribution in [3.63, 3.8) is 0 Å². The Labute approximate surface area is 197 Å². The molecule has 1 fully saturated rings. The van der Waals surface area contributed by atoms with Gasteiger partial charge in [-0.25, -0.2) is 0 Å². The van der Waals surface area contributed by atoms with Crippen LogP contribution in [-0.4, -0.2) is 27.0 Å². The van der Waals surface area contributed by atoms with E-state index in [1.807, 2.05) is 0 Å². The first-order valence-electron chi connectivity index (χ1n) is 11.5. The van der Waals surface area contributed by atoms with Crippen LogP contribution in [0.3, 0.4) is 0 Å². The minimum atomic E-state index is -0.276. The Morgan fingerprint density at radius 2 is 1.34 bits per heavy atom. The van der Waals surface area contributed by atoms with Crippen molar-refractivity contribution < 1.29 is 0 Å². The van der Waals surface area contributed by atoms with Gasteiger partial charge >= 0.3 is 0 Å². The van der Waals surface area contributed by atoms with Crippen LogP contribution in [-0.2, 0) is 12.1 Å². The van der Waals surface area contributed by atoms with E-state index in [9.17, 15) is 0 Å². The van der Waals surface area contributed by atoms with E-state index in [1.165, 1.54) is 44.5 Å². The molecule has 0 unspecified atom stereocenters. The molecular weight excluding hydrogens is 408 g/mol. The van der Waals surface area contributed by atoms with Crippen molar-refractivity contribution in [1.29, 1.82) is 0 Å². The Hall–Kier alpha value is -2.65. The summed E-state index contributed by atoms with van der Waals surface area (Å²) in [6, 6.07) is 22.4. The molecule has 32 heavy (non-hydrogen) atoms. The average molecular weight is 441 g/mol. The SMILES string of the molecule is Cc1cc(C)c(CN2C(=S)N(C(C)(C)C)CC23c2ccccc2-c2ccccc23)c(C)c1.